The highest BCUT2D eigenvalue weighted by molar-refractivity contribution is 7.92. The van der Waals surface area contributed by atoms with Gasteiger partial charge in [-0.3, -0.25) is 0 Å². The molecule has 0 N–H and O–H groups in total. The van der Waals surface area contributed by atoms with E-state index in [1.165, 1.54) is 0 Å². The van der Waals surface area contributed by atoms with Crippen LogP contribution in [0.25, 0.3) is 0 Å². The van der Waals surface area contributed by atoms with Crippen molar-refractivity contribution in [1.29, 1.82) is 0 Å². The van der Waals surface area contributed by atoms with E-state index in [0.717, 1.165) is 4.31 Å². The van der Waals surface area contributed by atoms with Gasteiger partial charge in [0.2, 0.25) is 10.0 Å². The van der Waals surface area contributed by atoms with Crippen molar-refractivity contribution in [1.82, 2.24) is 4.31 Å². The normalized spacial score (nSPS) is 24.1. The summed E-state index contributed by atoms with van der Waals surface area (Å²) in [5, 5.41) is -0.598. The second-order valence-corrected chi connectivity index (χ2v) is 9.07. The minimum atomic E-state index is -3.51. The van der Waals surface area contributed by atoms with Crippen molar-refractivity contribution in [2.75, 3.05) is 18.1 Å². The fourth-order valence-corrected chi connectivity index (χ4v) is 5.01. The largest absolute Gasteiger partial charge is 0.229 e. The lowest BCUT2D eigenvalue weighted by Gasteiger charge is -2.27. The standard InChI is InChI=1S/C10H17NO4S2/c1-4-6-11(17(14,15)9(2)3)10-5-7-16(12,13)8-10/h1,9-10H,5-8H2,2-3H3. The van der Waals surface area contributed by atoms with Gasteiger partial charge < -0.3 is 0 Å². The molecule has 0 aromatic heterocycles. The SMILES string of the molecule is C#CCN(C1CCS(=O)(=O)C1)S(=O)(=O)C(C)C. The maximum absolute atomic E-state index is 12.1. The molecule has 0 aromatic carbocycles. The van der Waals surface area contributed by atoms with Gasteiger partial charge in [-0.05, 0) is 20.3 Å². The lowest BCUT2D eigenvalue weighted by Crippen LogP contribution is -2.44. The summed E-state index contributed by atoms with van der Waals surface area (Å²) in [6, 6.07) is -0.511. The highest BCUT2D eigenvalue weighted by Crippen LogP contribution is 2.22. The summed E-state index contributed by atoms with van der Waals surface area (Å²) in [5.41, 5.74) is 0. The third-order valence-corrected chi connectivity index (χ3v) is 6.81. The van der Waals surface area contributed by atoms with Crippen LogP contribution in [0.15, 0.2) is 0 Å². The first-order valence-corrected chi connectivity index (χ1v) is 8.67. The molecule has 1 aliphatic rings. The van der Waals surface area contributed by atoms with Crippen LogP contribution in [0.1, 0.15) is 20.3 Å². The van der Waals surface area contributed by atoms with Crippen LogP contribution in [-0.2, 0) is 19.9 Å². The Labute approximate surface area is 103 Å². The lowest BCUT2D eigenvalue weighted by molar-refractivity contribution is 0.367. The summed E-state index contributed by atoms with van der Waals surface area (Å²) in [4.78, 5) is 0. The first-order chi connectivity index (χ1) is 7.70. The monoisotopic (exact) mass is 279 g/mol. The summed E-state index contributed by atoms with van der Waals surface area (Å²) < 4.78 is 48.0. The van der Waals surface area contributed by atoms with Gasteiger partial charge in [0, 0.05) is 6.04 Å². The van der Waals surface area contributed by atoms with E-state index >= 15 is 0 Å². The Bertz CT molecular complexity index is 513. The topological polar surface area (TPSA) is 71.5 Å². The predicted octanol–water partition coefficient (Wildman–Crippen LogP) is -0.153. The van der Waals surface area contributed by atoms with Crippen LogP contribution in [0.2, 0.25) is 0 Å². The van der Waals surface area contributed by atoms with Crippen LogP contribution in [0, 0.1) is 12.3 Å². The van der Waals surface area contributed by atoms with Crippen molar-refractivity contribution in [2.45, 2.75) is 31.6 Å². The Morgan fingerprint density at radius 2 is 2.06 bits per heavy atom. The minimum absolute atomic E-state index is 0.0341. The second kappa shape index (κ2) is 4.96. The van der Waals surface area contributed by atoms with Crippen LogP contribution in [0.5, 0.6) is 0 Å². The molecule has 0 saturated carbocycles. The molecule has 0 bridgehead atoms. The molecule has 1 unspecified atom stereocenters. The van der Waals surface area contributed by atoms with Gasteiger partial charge in [-0.1, -0.05) is 5.92 Å². The van der Waals surface area contributed by atoms with Crippen LogP contribution >= 0.6 is 0 Å². The Kier molecular flexibility index (Phi) is 4.23. The smallest absolute Gasteiger partial charge is 0.217 e. The summed E-state index contributed by atoms with van der Waals surface area (Å²) in [5.74, 6) is 2.19. The first kappa shape index (κ1) is 14.5. The van der Waals surface area contributed by atoms with E-state index in [4.69, 9.17) is 6.42 Å². The molecule has 17 heavy (non-hydrogen) atoms. The molecule has 1 aliphatic heterocycles. The van der Waals surface area contributed by atoms with Gasteiger partial charge in [0.1, 0.15) is 0 Å². The highest BCUT2D eigenvalue weighted by Gasteiger charge is 2.38. The molecule has 0 amide bonds. The van der Waals surface area contributed by atoms with Gasteiger partial charge in [-0.25, -0.2) is 16.8 Å². The van der Waals surface area contributed by atoms with Crippen molar-refractivity contribution in [2.24, 2.45) is 0 Å². The van der Waals surface area contributed by atoms with E-state index in [-0.39, 0.29) is 18.1 Å². The predicted molar refractivity (Wildman–Crippen MR) is 66.7 cm³/mol. The Morgan fingerprint density at radius 1 is 1.47 bits per heavy atom. The fourth-order valence-electron chi connectivity index (χ4n) is 1.79. The number of sulfonamides is 1. The van der Waals surface area contributed by atoms with E-state index in [1.807, 2.05) is 0 Å². The van der Waals surface area contributed by atoms with Crippen molar-refractivity contribution >= 4 is 19.9 Å². The summed E-state index contributed by atoms with van der Waals surface area (Å²) in [7, 11) is -6.63. The summed E-state index contributed by atoms with van der Waals surface area (Å²) in [6.07, 6.45) is 5.49. The van der Waals surface area contributed by atoms with Gasteiger partial charge in [-0.15, -0.1) is 6.42 Å². The number of hydrogen-bond donors (Lipinski definition) is 0. The van der Waals surface area contributed by atoms with Crippen molar-refractivity contribution < 1.29 is 16.8 Å². The third-order valence-electron chi connectivity index (χ3n) is 2.79. The molecule has 0 aromatic rings. The Morgan fingerprint density at radius 3 is 2.41 bits per heavy atom. The molecule has 0 aliphatic carbocycles. The number of sulfone groups is 1. The zero-order valence-electron chi connectivity index (χ0n) is 9.96. The minimum Gasteiger partial charge on any atom is -0.229 e. The molecule has 0 radical (unpaired) electrons. The Hall–Kier alpha value is -0.580. The average molecular weight is 279 g/mol. The summed E-state index contributed by atoms with van der Waals surface area (Å²) in [6.45, 7) is 3.05. The number of terminal acetylenes is 1. The van der Waals surface area contributed by atoms with E-state index in [1.54, 1.807) is 13.8 Å². The molecular weight excluding hydrogens is 262 g/mol. The molecule has 0 spiro atoms. The van der Waals surface area contributed by atoms with Crippen LogP contribution in [0.3, 0.4) is 0 Å². The van der Waals surface area contributed by atoms with Gasteiger partial charge in [0.25, 0.3) is 0 Å². The maximum atomic E-state index is 12.1. The third kappa shape index (κ3) is 3.21. The van der Waals surface area contributed by atoms with E-state index in [0.29, 0.717) is 6.42 Å². The van der Waals surface area contributed by atoms with Crippen molar-refractivity contribution in [3.8, 4) is 12.3 Å². The highest BCUT2D eigenvalue weighted by atomic mass is 32.2. The molecule has 1 atom stereocenters. The first-order valence-electron chi connectivity index (χ1n) is 5.35. The van der Waals surface area contributed by atoms with E-state index in [2.05, 4.69) is 5.92 Å². The van der Waals surface area contributed by atoms with Crippen LogP contribution in [-0.4, -0.2) is 50.5 Å². The summed E-state index contributed by atoms with van der Waals surface area (Å²) >= 11 is 0. The van der Waals surface area contributed by atoms with Gasteiger partial charge in [-0.2, -0.15) is 4.31 Å². The number of rotatable bonds is 4. The second-order valence-electron chi connectivity index (χ2n) is 4.40. The molecule has 98 valence electrons. The molecule has 1 fully saturated rings. The molecule has 7 heteroatoms. The van der Waals surface area contributed by atoms with Gasteiger partial charge >= 0.3 is 0 Å². The molecule has 1 rings (SSSR count). The molecule has 5 nitrogen and oxygen atoms in total. The molecule has 1 heterocycles. The fraction of sp³-hybridized carbons (Fsp3) is 0.800. The van der Waals surface area contributed by atoms with E-state index in [9.17, 15) is 16.8 Å². The van der Waals surface area contributed by atoms with Crippen molar-refractivity contribution in [3.05, 3.63) is 0 Å². The lowest BCUT2D eigenvalue weighted by atomic mass is 10.3. The van der Waals surface area contributed by atoms with E-state index < -0.39 is 31.2 Å². The van der Waals surface area contributed by atoms with Gasteiger partial charge in [0.05, 0.1) is 23.3 Å². The average Bonchev–Trinajstić information content (AvgIpc) is 2.54. The van der Waals surface area contributed by atoms with Gasteiger partial charge in [0.15, 0.2) is 9.84 Å². The quantitative estimate of drug-likeness (QED) is 0.671. The zero-order chi connectivity index (χ0) is 13.3. The molecule has 1 saturated heterocycles. The van der Waals surface area contributed by atoms with Crippen LogP contribution < -0.4 is 0 Å². The Balaban J connectivity index is 3.01. The number of nitrogens with zero attached hydrogens (tertiary/aromatic N) is 1. The number of hydrogen-bond acceptors (Lipinski definition) is 4. The maximum Gasteiger partial charge on any atom is 0.217 e. The van der Waals surface area contributed by atoms with Crippen LogP contribution in [0.4, 0.5) is 0 Å². The zero-order valence-corrected chi connectivity index (χ0v) is 11.6. The van der Waals surface area contributed by atoms with Crippen molar-refractivity contribution in [3.63, 3.8) is 0 Å². The molecular formula is C10H17NO4S2.